The van der Waals surface area contributed by atoms with Gasteiger partial charge in [0.1, 0.15) is 0 Å². The van der Waals surface area contributed by atoms with Gasteiger partial charge in [-0.1, -0.05) is 0 Å². The molecule has 92 valence electrons. The Bertz CT molecular complexity index is 620. The van der Waals surface area contributed by atoms with E-state index >= 15 is 0 Å². The van der Waals surface area contributed by atoms with Crippen LogP contribution in [0.4, 0.5) is 0 Å². The number of carbonyl (C=O) groups excluding carboxylic acids is 1. The second-order valence-corrected chi connectivity index (χ2v) is 7.29. The van der Waals surface area contributed by atoms with Crippen molar-refractivity contribution < 1.29 is 4.79 Å². The van der Waals surface area contributed by atoms with E-state index in [1.165, 1.54) is 0 Å². The lowest BCUT2D eigenvalue weighted by Crippen LogP contribution is -2.13. The zero-order valence-electron chi connectivity index (χ0n) is 9.24. The fraction of sp³-hybridized carbons (Fsp3) is 0.250. The molecule has 2 aromatic rings. The first-order chi connectivity index (χ1) is 8.65. The highest BCUT2D eigenvalue weighted by Gasteiger charge is 2.20. The molecule has 0 saturated heterocycles. The van der Waals surface area contributed by atoms with E-state index < -0.39 is 0 Å². The Kier molecular flexibility index (Phi) is 3.34. The fourth-order valence-corrected chi connectivity index (χ4v) is 3.94. The largest absolute Gasteiger partial charge is 0.294 e. The number of aryl methyl sites for hydroxylation is 1. The van der Waals surface area contributed by atoms with E-state index in [2.05, 4.69) is 41.8 Å². The minimum atomic E-state index is 0.163. The summed E-state index contributed by atoms with van der Waals surface area (Å²) < 4.78 is 2.02. The molecule has 0 atom stereocenters. The topological polar surface area (TPSA) is 42.9 Å². The van der Waals surface area contributed by atoms with Gasteiger partial charge in [0, 0.05) is 17.1 Å². The van der Waals surface area contributed by atoms with E-state index in [1.807, 2.05) is 6.07 Å². The van der Waals surface area contributed by atoms with Crippen molar-refractivity contribution in [1.82, 2.24) is 9.97 Å². The van der Waals surface area contributed by atoms with E-state index in [1.54, 1.807) is 17.5 Å². The van der Waals surface area contributed by atoms with Crippen LogP contribution in [0.25, 0.3) is 10.7 Å². The van der Waals surface area contributed by atoms with Crippen LogP contribution >= 0.6 is 43.2 Å². The van der Waals surface area contributed by atoms with Crippen LogP contribution in [-0.4, -0.2) is 15.8 Å². The minimum absolute atomic E-state index is 0.163. The van der Waals surface area contributed by atoms with Crippen molar-refractivity contribution in [2.75, 3.05) is 0 Å². The number of ketones is 1. The zero-order valence-corrected chi connectivity index (χ0v) is 13.2. The Morgan fingerprint density at radius 1 is 1.28 bits per heavy atom. The molecule has 0 unspecified atom stereocenters. The summed E-state index contributed by atoms with van der Waals surface area (Å²) in [6, 6.07) is 1.99. The summed E-state index contributed by atoms with van der Waals surface area (Å²) in [6.07, 6.45) is 4.04. The maximum Gasteiger partial charge on any atom is 0.169 e. The first-order valence-corrected chi connectivity index (χ1v) is 7.89. The number of carbonyl (C=O) groups is 1. The normalized spacial score (nSPS) is 14.7. The zero-order chi connectivity index (χ0) is 12.7. The van der Waals surface area contributed by atoms with Gasteiger partial charge < -0.3 is 0 Å². The number of hydrogen-bond acceptors (Lipinski definition) is 4. The van der Waals surface area contributed by atoms with Crippen LogP contribution in [0.1, 0.15) is 28.9 Å². The summed E-state index contributed by atoms with van der Waals surface area (Å²) in [7, 11) is 0. The highest BCUT2D eigenvalue weighted by atomic mass is 79.9. The van der Waals surface area contributed by atoms with Crippen LogP contribution in [0.3, 0.4) is 0 Å². The Hall–Kier alpha value is -0.590. The van der Waals surface area contributed by atoms with Crippen molar-refractivity contribution in [2.45, 2.75) is 19.3 Å². The van der Waals surface area contributed by atoms with Crippen molar-refractivity contribution in [1.29, 1.82) is 0 Å². The minimum Gasteiger partial charge on any atom is -0.294 e. The monoisotopic (exact) mass is 386 g/mol. The smallest absolute Gasteiger partial charge is 0.169 e. The van der Waals surface area contributed by atoms with Crippen LogP contribution in [0.5, 0.6) is 0 Å². The molecule has 0 bridgehead atoms. The van der Waals surface area contributed by atoms with Gasteiger partial charge in [0.05, 0.1) is 19.9 Å². The molecule has 0 spiro atoms. The SMILES string of the molecule is O=C1CCCc2nc(-c3cc(Br)c(Br)s3)ncc21. The predicted molar refractivity (Wildman–Crippen MR) is 78.0 cm³/mol. The third-order valence-corrected chi connectivity index (χ3v) is 6.10. The second-order valence-electron chi connectivity index (χ2n) is 4.06. The van der Waals surface area contributed by atoms with Gasteiger partial charge in [0.2, 0.25) is 0 Å². The number of Topliss-reactive ketones (excluding diaryl/α,β-unsaturated/α-hetero) is 1. The Labute approximate surface area is 125 Å². The first kappa shape index (κ1) is 12.4. The number of thiophene rings is 1. The number of halogens is 2. The summed E-state index contributed by atoms with van der Waals surface area (Å²) in [6.45, 7) is 0. The Balaban J connectivity index is 2.07. The maximum absolute atomic E-state index is 11.7. The van der Waals surface area contributed by atoms with Crippen LogP contribution < -0.4 is 0 Å². The van der Waals surface area contributed by atoms with Gasteiger partial charge in [0.15, 0.2) is 11.6 Å². The third kappa shape index (κ3) is 2.17. The summed E-state index contributed by atoms with van der Waals surface area (Å²) in [5.74, 6) is 0.858. The molecule has 0 fully saturated rings. The Morgan fingerprint density at radius 3 is 2.83 bits per heavy atom. The molecule has 0 radical (unpaired) electrons. The van der Waals surface area contributed by atoms with Crippen molar-refractivity contribution in [2.24, 2.45) is 0 Å². The van der Waals surface area contributed by atoms with Gasteiger partial charge in [-0.15, -0.1) is 11.3 Å². The molecule has 0 N–H and O–H groups in total. The van der Waals surface area contributed by atoms with Gasteiger partial charge in [-0.3, -0.25) is 4.79 Å². The first-order valence-electron chi connectivity index (χ1n) is 5.49. The van der Waals surface area contributed by atoms with Gasteiger partial charge in [-0.2, -0.15) is 0 Å². The molecule has 0 aromatic carbocycles. The van der Waals surface area contributed by atoms with Gasteiger partial charge in [-0.05, 0) is 50.8 Å². The van der Waals surface area contributed by atoms with Crippen LogP contribution in [0, 0.1) is 0 Å². The molecule has 2 aromatic heterocycles. The molecule has 1 aliphatic carbocycles. The number of fused-ring (bicyclic) bond motifs is 1. The molecule has 0 saturated carbocycles. The van der Waals surface area contributed by atoms with Crippen molar-refractivity contribution in [3.8, 4) is 10.7 Å². The van der Waals surface area contributed by atoms with E-state index in [0.717, 1.165) is 31.7 Å². The number of hydrogen-bond donors (Lipinski definition) is 0. The molecule has 0 amide bonds. The summed E-state index contributed by atoms with van der Waals surface area (Å²) in [5, 5.41) is 0. The van der Waals surface area contributed by atoms with Crippen LogP contribution in [-0.2, 0) is 6.42 Å². The lowest BCUT2D eigenvalue weighted by molar-refractivity contribution is 0.0971. The number of nitrogens with zero attached hydrogens (tertiary/aromatic N) is 2. The molecule has 6 heteroatoms. The summed E-state index contributed by atoms with van der Waals surface area (Å²) in [4.78, 5) is 21.5. The lowest BCUT2D eigenvalue weighted by Gasteiger charge is -2.13. The summed E-state index contributed by atoms with van der Waals surface area (Å²) in [5.41, 5.74) is 1.58. The fourth-order valence-electron chi connectivity index (χ4n) is 1.97. The van der Waals surface area contributed by atoms with Crippen molar-refractivity contribution >= 4 is 49.0 Å². The van der Waals surface area contributed by atoms with E-state index in [4.69, 9.17) is 0 Å². The highest BCUT2D eigenvalue weighted by molar-refractivity contribution is 9.13. The number of aromatic nitrogens is 2. The average Bonchev–Trinajstić information content (AvgIpc) is 2.70. The van der Waals surface area contributed by atoms with Crippen LogP contribution in [0.2, 0.25) is 0 Å². The van der Waals surface area contributed by atoms with E-state index in [0.29, 0.717) is 17.8 Å². The molecule has 1 aliphatic rings. The highest BCUT2D eigenvalue weighted by Crippen LogP contribution is 2.37. The average molecular weight is 388 g/mol. The van der Waals surface area contributed by atoms with E-state index in [-0.39, 0.29) is 5.78 Å². The molecule has 0 aliphatic heterocycles. The quantitative estimate of drug-likeness (QED) is 0.734. The third-order valence-electron chi connectivity index (χ3n) is 2.85. The van der Waals surface area contributed by atoms with Crippen molar-refractivity contribution in [3.05, 3.63) is 31.8 Å². The molecule has 3 rings (SSSR count). The van der Waals surface area contributed by atoms with E-state index in [9.17, 15) is 4.79 Å². The van der Waals surface area contributed by atoms with Gasteiger partial charge >= 0.3 is 0 Å². The lowest BCUT2D eigenvalue weighted by atomic mass is 9.96. The molecular formula is C12H8Br2N2OS. The molecule has 2 heterocycles. The van der Waals surface area contributed by atoms with Crippen LogP contribution in [0.15, 0.2) is 20.5 Å². The number of rotatable bonds is 1. The van der Waals surface area contributed by atoms with Gasteiger partial charge in [0.25, 0.3) is 0 Å². The maximum atomic E-state index is 11.7. The van der Waals surface area contributed by atoms with Crippen molar-refractivity contribution in [3.63, 3.8) is 0 Å². The standard InChI is InChI=1S/C12H8Br2N2OS/c13-7-4-10(18-11(7)14)12-15-5-6-8(16-12)2-1-3-9(6)17/h4-5H,1-3H2. The second kappa shape index (κ2) is 4.83. The van der Waals surface area contributed by atoms with Gasteiger partial charge in [-0.25, -0.2) is 9.97 Å². The molecule has 3 nitrogen and oxygen atoms in total. The Morgan fingerprint density at radius 2 is 2.11 bits per heavy atom. The molecular weight excluding hydrogens is 380 g/mol. The molecule has 18 heavy (non-hydrogen) atoms. The summed E-state index contributed by atoms with van der Waals surface area (Å²) >= 11 is 8.49. The predicted octanol–water partition coefficient (Wildman–Crippen LogP) is 4.25.